The van der Waals surface area contributed by atoms with Crippen LogP contribution in [-0.2, 0) is 13.1 Å². The van der Waals surface area contributed by atoms with Crippen LogP contribution in [-0.4, -0.2) is 49.3 Å². The summed E-state index contributed by atoms with van der Waals surface area (Å²) in [5.74, 6) is 1.03. The van der Waals surface area contributed by atoms with Crippen molar-refractivity contribution < 1.29 is 9.50 Å². The first-order chi connectivity index (χ1) is 14.6. The van der Waals surface area contributed by atoms with Gasteiger partial charge in [0, 0.05) is 45.5 Å². The van der Waals surface area contributed by atoms with Crippen molar-refractivity contribution in [2.24, 2.45) is 10.9 Å². The monoisotopic (exact) mass is 540 g/mol. The fourth-order valence-electron chi connectivity index (χ4n) is 3.81. The zero-order chi connectivity index (χ0) is 21.3. The molecule has 1 aliphatic rings. The van der Waals surface area contributed by atoms with Crippen LogP contribution in [0, 0.1) is 11.7 Å². The van der Waals surface area contributed by atoms with E-state index in [2.05, 4.69) is 34.5 Å². The van der Waals surface area contributed by atoms with Gasteiger partial charge in [0.15, 0.2) is 5.96 Å². The van der Waals surface area contributed by atoms with Crippen molar-refractivity contribution in [1.29, 1.82) is 0 Å². The molecular weight excluding hydrogens is 506 g/mol. The van der Waals surface area contributed by atoms with E-state index >= 15 is 0 Å². The Morgan fingerprint density at radius 2 is 1.87 bits per heavy atom. The molecule has 0 radical (unpaired) electrons. The second-order valence-electron chi connectivity index (χ2n) is 7.94. The highest BCUT2D eigenvalue weighted by Crippen LogP contribution is 2.23. The van der Waals surface area contributed by atoms with Crippen LogP contribution in [0.25, 0.3) is 0 Å². The van der Waals surface area contributed by atoms with E-state index in [1.807, 2.05) is 24.9 Å². The van der Waals surface area contributed by atoms with Crippen molar-refractivity contribution in [3.05, 3.63) is 65.5 Å². The second kappa shape index (κ2) is 12.9. The van der Waals surface area contributed by atoms with E-state index in [9.17, 15) is 9.50 Å². The number of halogens is 2. The summed E-state index contributed by atoms with van der Waals surface area (Å²) in [6.07, 6.45) is 2.10. The number of aliphatic imine (C=N–C) groups is 1. The minimum absolute atomic E-state index is 0. The van der Waals surface area contributed by atoms with Gasteiger partial charge >= 0.3 is 0 Å². The molecule has 1 fully saturated rings. The first-order valence-corrected chi connectivity index (χ1v) is 10.8. The molecule has 0 bridgehead atoms. The Hall–Kier alpha value is -1.87. The van der Waals surface area contributed by atoms with Crippen LogP contribution in [0.4, 0.5) is 10.1 Å². The zero-order valence-corrected chi connectivity index (χ0v) is 20.8. The number of nitrogens with one attached hydrogen (secondary N) is 1. The third-order valence-electron chi connectivity index (χ3n) is 5.59. The van der Waals surface area contributed by atoms with Gasteiger partial charge in [0.2, 0.25) is 0 Å². The number of guanidine groups is 1. The number of nitrogens with zero attached hydrogens (tertiary/aromatic N) is 3. The highest BCUT2D eigenvalue weighted by molar-refractivity contribution is 14.0. The van der Waals surface area contributed by atoms with Crippen molar-refractivity contribution in [2.45, 2.75) is 32.9 Å². The molecular formula is C24H34FIN4O. The van der Waals surface area contributed by atoms with Crippen molar-refractivity contribution in [2.75, 3.05) is 38.2 Å². The molecule has 2 N–H and O–H groups in total. The summed E-state index contributed by atoms with van der Waals surface area (Å²) in [5.41, 5.74) is 3.30. The molecule has 0 aliphatic carbocycles. The minimum Gasteiger partial charge on any atom is -0.396 e. The average Bonchev–Trinajstić information content (AvgIpc) is 2.77. The molecule has 2 aromatic rings. The van der Waals surface area contributed by atoms with Gasteiger partial charge in [-0.15, -0.1) is 24.0 Å². The lowest BCUT2D eigenvalue weighted by Gasteiger charge is -2.32. The molecule has 1 heterocycles. The summed E-state index contributed by atoms with van der Waals surface area (Å²) in [6, 6.07) is 15.3. The third kappa shape index (κ3) is 7.64. The molecule has 7 heteroatoms. The van der Waals surface area contributed by atoms with E-state index < -0.39 is 0 Å². The summed E-state index contributed by atoms with van der Waals surface area (Å²) < 4.78 is 13.5. The average molecular weight is 540 g/mol. The number of hydrogen-bond donors (Lipinski definition) is 2. The summed E-state index contributed by atoms with van der Waals surface area (Å²) in [6.45, 7) is 6.29. The van der Waals surface area contributed by atoms with Gasteiger partial charge < -0.3 is 20.2 Å². The number of aliphatic hydroxyl groups is 1. The molecule has 0 spiro atoms. The first kappa shape index (κ1) is 25.4. The van der Waals surface area contributed by atoms with Crippen LogP contribution < -0.4 is 10.2 Å². The van der Waals surface area contributed by atoms with E-state index in [1.54, 1.807) is 12.1 Å². The topological polar surface area (TPSA) is 51.1 Å². The lowest BCUT2D eigenvalue weighted by atomic mass is 9.97. The number of rotatable bonds is 7. The van der Waals surface area contributed by atoms with Gasteiger partial charge in [0.1, 0.15) is 5.82 Å². The lowest BCUT2D eigenvalue weighted by Crippen LogP contribution is -2.38. The summed E-state index contributed by atoms with van der Waals surface area (Å²) in [4.78, 5) is 9.16. The van der Waals surface area contributed by atoms with Crippen LogP contribution in [0.2, 0.25) is 0 Å². The predicted molar refractivity (Wildman–Crippen MR) is 137 cm³/mol. The lowest BCUT2D eigenvalue weighted by molar-refractivity contribution is 0.203. The number of benzene rings is 2. The molecule has 0 atom stereocenters. The Morgan fingerprint density at radius 3 is 2.48 bits per heavy atom. The molecule has 0 unspecified atom stereocenters. The maximum absolute atomic E-state index is 13.5. The smallest absolute Gasteiger partial charge is 0.194 e. The van der Waals surface area contributed by atoms with Gasteiger partial charge in [-0.25, -0.2) is 9.38 Å². The van der Waals surface area contributed by atoms with Crippen LogP contribution in [0.5, 0.6) is 0 Å². The van der Waals surface area contributed by atoms with Crippen LogP contribution in [0.1, 0.15) is 30.9 Å². The van der Waals surface area contributed by atoms with E-state index in [-0.39, 0.29) is 29.8 Å². The maximum Gasteiger partial charge on any atom is 0.194 e. The molecule has 1 aliphatic heterocycles. The SMILES string of the molecule is CCNC(=NCc1ccc(N2CCC(CO)CC2)cc1)N(C)Cc1cccc(F)c1.I. The summed E-state index contributed by atoms with van der Waals surface area (Å²) in [7, 11) is 1.96. The molecule has 170 valence electrons. The number of aliphatic hydroxyl groups excluding tert-OH is 1. The van der Waals surface area contributed by atoms with Gasteiger partial charge in [-0.05, 0) is 61.1 Å². The highest BCUT2D eigenvalue weighted by atomic mass is 127. The predicted octanol–water partition coefficient (Wildman–Crippen LogP) is 4.25. The standard InChI is InChI=1S/C24H33FN4O.HI/c1-3-26-24(28(2)17-21-5-4-6-22(25)15-21)27-16-19-7-9-23(10-8-19)29-13-11-20(18-30)12-14-29;/h4-10,15,20,30H,3,11-14,16-18H2,1-2H3,(H,26,27);1H. The first-order valence-electron chi connectivity index (χ1n) is 10.8. The van der Waals surface area contributed by atoms with E-state index in [4.69, 9.17) is 4.99 Å². The number of piperidine rings is 1. The Labute approximate surface area is 202 Å². The number of anilines is 1. The number of hydrogen-bond acceptors (Lipinski definition) is 3. The van der Waals surface area contributed by atoms with Gasteiger partial charge in [-0.3, -0.25) is 0 Å². The van der Waals surface area contributed by atoms with E-state index in [1.165, 1.54) is 11.8 Å². The van der Waals surface area contributed by atoms with Crippen LogP contribution in [0.3, 0.4) is 0 Å². The van der Waals surface area contributed by atoms with Crippen molar-refractivity contribution in [1.82, 2.24) is 10.2 Å². The molecule has 1 saturated heterocycles. The highest BCUT2D eigenvalue weighted by Gasteiger charge is 2.18. The molecule has 3 rings (SSSR count). The molecule has 0 aromatic heterocycles. The molecule has 31 heavy (non-hydrogen) atoms. The van der Waals surface area contributed by atoms with E-state index in [0.29, 0.717) is 25.6 Å². The normalized spacial score (nSPS) is 14.8. The maximum atomic E-state index is 13.5. The van der Waals surface area contributed by atoms with Crippen molar-refractivity contribution >= 4 is 35.6 Å². The van der Waals surface area contributed by atoms with Crippen molar-refractivity contribution in [3.63, 3.8) is 0 Å². The Balaban J connectivity index is 0.00000341. The van der Waals surface area contributed by atoms with Crippen LogP contribution in [0.15, 0.2) is 53.5 Å². The molecule has 0 amide bonds. The summed E-state index contributed by atoms with van der Waals surface area (Å²) >= 11 is 0. The summed E-state index contributed by atoms with van der Waals surface area (Å²) in [5, 5.41) is 12.6. The Kier molecular flexibility index (Phi) is 10.5. The van der Waals surface area contributed by atoms with Gasteiger partial charge in [-0.2, -0.15) is 0 Å². The van der Waals surface area contributed by atoms with Crippen molar-refractivity contribution in [3.8, 4) is 0 Å². The minimum atomic E-state index is -0.219. The largest absolute Gasteiger partial charge is 0.396 e. The third-order valence-corrected chi connectivity index (χ3v) is 5.59. The fraction of sp³-hybridized carbons (Fsp3) is 0.458. The van der Waals surface area contributed by atoms with E-state index in [0.717, 1.165) is 49.6 Å². The quantitative estimate of drug-likeness (QED) is 0.314. The zero-order valence-electron chi connectivity index (χ0n) is 18.4. The molecule has 0 saturated carbocycles. The Morgan fingerprint density at radius 1 is 1.16 bits per heavy atom. The van der Waals surface area contributed by atoms with Crippen LogP contribution >= 0.6 is 24.0 Å². The second-order valence-corrected chi connectivity index (χ2v) is 7.94. The molecule has 5 nitrogen and oxygen atoms in total. The fourth-order valence-corrected chi connectivity index (χ4v) is 3.81. The van der Waals surface area contributed by atoms with Gasteiger partial charge in [0.25, 0.3) is 0 Å². The van der Waals surface area contributed by atoms with Gasteiger partial charge in [-0.1, -0.05) is 24.3 Å². The van der Waals surface area contributed by atoms with Gasteiger partial charge in [0.05, 0.1) is 6.54 Å². The molecule has 2 aromatic carbocycles. The Bertz CT molecular complexity index is 823.